The van der Waals surface area contributed by atoms with E-state index in [0.29, 0.717) is 31.9 Å². The molecule has 1 aliphatic heterocycles. The van der Waals surface area contributed by atoms with Crippen LogP contribution >= 0.6 is 0 Å². The van der Waals surface area contributed by atoms with Crippen molar-refractivity contribution in [2.45, 2.75) is 52.1 Å². The number of piperazine rings is 1. The molecule has 0 unspecified atom stereocenters. The largest absolute Gasteiger partial charge is 0.453 e. The highest BCUT2D eigenvalue weighted by Gasteiger charge is 2.24. The molecule has 1 atom stereocenters. The zero-order chi connectivity index (χ0) is 21.7. The van der Waals surface area contributed by atoms with Gasteiger partial charge in [-0.1, -0.05) is 6.07 Å². The molecule has 1 aliphatic carbocycles. The van der Waals surface area contributed by atoms with Crippen LogP contribution in [0.2, 0.25) is 0 Å². The van der Waals surface area contributed by atoms with Gasteiger partial charge in [-0.3, -0.25) is 19.2 Å². The zero-order valence-electron chi connectivity index (χ0n) is 17.6. The summed E-state index contributed by atoms with van der Waals surface area (Å²) in [5, 5.41) is 2.78. The first-order valence-corrected chi connectivity index (χ1v) is 10.5. The molecular weight excluding hydrogens is 386 g/mol. The lowest BCUT2D eigenvalue weighted by molar-refractivity contribution is -0.154. The van der Waals surface area contributed by atoms with E-state index in [1.165, 1.54) is 25.0 Å². The number of aryl methyl sites for hydroxylation is 2. The number of amides is 3. The van der Waals surface area contributed by atoms with E-state index in [1.54, 1.807) is 9.80 Å². The average molecular weight is 415 g/mol. The average Bonchev–Trinajstić information content (AvgIpc) is 3.19. The van der Waals surface area contributed by atoms with Gasteiger partial charge in [0.05, 0.1) is 6.42 Å². The third-order valence-corrected chi connectivity index (χ3v) is 5.66. The molecule has 0 saturated carbocycles. The van der Waals surface area contributed by atoms with Crippen molar-refractivity contribution >= 4 is 29.4 Å². The number of hydrogen-bond acceptors (Lipinski definition) is 5. The van der Waals surface area contributed by atoms with Crippen molar-refractivity contribution in [3.8, 4) is 0 Å². The van der Waals surface area contributed by atoms with E-state index in [2.05, 4.69) is 5.32 Å². The summed E-state index contributed by atoms with van der Waals surface area (Å²) in [5.74, 6) is -1.13. The smallest absolute Gasteiger partial charge is 0.307 e. The van der Waals surface area contributed by atoms with Crippen molar-refractivity contribution in [3.05, 3.63) is 29.3 Å². The monoisotopic (exact) mass is 415 g/mol. The van der Waals surface area contributed by atoms with Crippen molar-refractivity contribution in [2.24, 2.45) is 0 Å². The number of hydrogen-bond donors (Lipinski definition) is 1. The van der Waals surface area contributed by atoms with Crippen LogP contribution in [0.15, 0.2) is 18.2 Å². The molecule has 0 aromatic heterocycles. The van der Waals surface area contributed by atoms with Gasteiger partial charge in [-0.2, -0.15) is 0 Å². The second kappa shape index (κ2) is 9.73. The van der Waals surface area contributed by atoms with E-state index in [-0.39, 0.29) is 24.7 Å². The summed E-state index contributed by atoms with van der Waals surface area (Å²) in [6, 6.07) is 5.86. The highest BCUT2D eigenvalue weighted by atomic mass is 16.5. The number of benzene rings is 1. The Labute approximate surface area is 176 Å². The van der Waals surface area contributed by atoms with Crippen LogP contribution in [0.25, 0.3) is 0 Å². The number of carbonyl (C=O) groups excluding carboxylic acids is 4. The van der Waals surface area contributed by atoms with Crippen LogP contribution in [0.3, 0.4) is 0 Å². The summed E-state index contributed by atoms with van der Waals surface area (Å²) in [7, 11) is 0. The van der Waals surface area contributed by atoms with Crippen molar-refractivity contribution in [1.82, 2.24) is 9.80 Å². The molecule has 0 radical (unpaired) electrons. The highest BCUT2D eigenvalue weighted by molar-refractivity contribution is 5.95. The first-order valence-electron chi connectivity index (χ1n) is 10.5. The van der Waals surface area contributed by atoms with Crippen LogP contribution in [-0.4, -0.2) is 65.8 Å². The zero-order valence-corrected chi connectivity index (χ0v) is 17.6. The Morgan fingerprint density at radius 3 is 2.37 bits per heavy atom. The van der Waals surface area contributed by atoms with Crippen LogP contribution in [-0.2, 0) is 36.8 Å². The standard InChI is InChI=1S/C22H29N3O5/c1-15(22(29)23-19-7-6-17-4-3-5-18(17)14-19)30-21(28)9-8-20(27)25-12-10-24(11-13-25)16(2)26/h6-7,14-15H,3-5,8-13H2,1-2H3,(H,23,29)/t15-/m1/s1. The van der Waals surface area contributed by atoms with Gasteiger partial charge in [-0.05, 0) is 49.4 Å². The van der Waals surface area contributed by atoms with Crippen molar-refractivity contribution in [3.63, 3.8) is 0 Å². The van der Waals surface area contributed by atoms with Gasteiger partial charge in [0.2, 0.25) is 11.8 Å². The third kappa shape index (κ3) is 5.58. The predicted octanol–water partition coefficient (Wildman–Crippen LogP) is 1.52. The molecule has 3 rings (SSSR count). The lowest BCUT2D eigenvalue weighted by Gasteiger charge is -2.34. The van der Waals surface area contributed by atoms with Crippen molar-refractivity contribution in [1.29, 1.82) is 0 Å². The second-order valence-electron chi connectivity index (χ2n) is 7.85. The Hall–Kier alpha value is -2.90. The van der Waals surface area contributed by atoms with Gasteiger partial charge < -0.3 is 19.9 Å². The molecule has 1 aromatic carbocycles. The predicted molar refractivity (Wildman–Crippen MR) is 111 cm³/mol. The lowest BCUT2D eigenvalue weighted by Crippen LogP contribution is -2.50. The number of nitrogens with one attached hydrogen (secondary N) is 1. The normalized spacial score (nSPS) is 16.6. The van der Waals surface area contributed by atoms with E-state index in [4.69, 9.17) is 4.74 Å². The van der Waals surface area contributed by atoms with Gasteiger partial charge in [0.15, 0.2) is 6.10 Å². The van der Waals surface area contributed by atoms with E-state index in [9.17, 15) is 19.2 Å². The molecule has 1 heterocycles. The summed E-state index contributed by atoms with van der Waals surface area (Å²) in [5.41, 5.74) is 3.27. The molecule has 30 heavy (non-hydrogen) atoms. The summed E-state index contributed by atoms with van der Waals surface area (Å²) in [4.78, 5) is 51.3. The molecule has 8 nitrogen and oxygen atoms in total. The van der Waals surface area contributed by atoms with Gasteiger partial charge in [0.25, 0.3) is 5.91 Å². The van der Waals surface area contributed by atoms with E-state index in [1.807, 2.05) is 18.2 Å². The van der Waals surface area contributed by atoms with Gasteiger partial charge in [0.1, 0.15) is 0 Å². The Morgan fingerprint density at radius 1 is 1.00 bits per heavy atom. The van der Waals surface area contributed by atoms with Crippen LogP contribution < -0.4 is 5.32 Å². The van der Waals surface area contributed by atoms with Crippen LogP contribution in [0, 0.1) is 0 Å². The fraction of sp³-hybridized carbons (Fsp3) is 0.545. The molecule has 1 saturated heterocycles. The molecule has 0 spiro atoms. The van der Waals surface area contributed by atoms with Crippen LogP contribution in [0.4, 0.5) is 5.69 Å². The summed E-state index contributed by atoms with van der Waals surface area (Å²) in [6.45, 7) is 4.97. The molecular formula is C22H29N3O5. The number of anilines is 1. The Balaban J connectivity index is 1.39. The van der Waals surface area contributed by atoms with Crippen LogP contribution in [0.1, 0.15) is 44.2 Å². The number of fused-ring (bicyclic) bond motifs is 1. The minimum atomic E-state index is -0.944. The summed E-state index contributed by atoms with van der Waals surface area (Å²) < 4.78 is 5.19. The third-order valence-electron chi connectivity index (χ3n) is 5.66. The first kappa shape index (κ1) is 21.8. The minimum absolute atomic E-state index is 0.00201. The summed E-state index contributed by atoms with van der Waals surface area (Å²) in [6.07, 6.45) is 2.22. The van der Waals surface area contributed by atoms with Gasteiger partial charge in [0, 0.05) is 45.2 Å². The first-order chi connectivity index (χ1) is 14.3. The van der Waals surface area contributed by atoms with E-state index >= 15 is 0 Å². The maximum Gasteiger partial charge on any atom is 0.307 e. The van der Waals surface area contributed by atoms with E-state index in [0.717, 1.165) is 19.3 Å². The van der Waals surface area contributed by atoms with Crippen LogP contribution in [0.5, 0.6) is 0 Å². The SMILES string of the molecule is CC(=O)N1CCN(C(=O)CCC(=O)O[C@H](C)C(=O)Nc2ccc3c(c2)CCC3)CC1. The highest BCUT2D eigenvalue weighted by Crippen LogP contribution is 2.25. The van der Waals surface area contributed by atoms with E-state index < -0.39 is 18.0 Å². The fourth-order valence-corrected chi connectivity index (χ4v) is 3.84. The lowest BCUT2D eigenvalue weighted by atomic mass is 10.1. The molecule has 3 amide bonds. The number of carbonyl (C=O) groups is 4. The number of esters is 1. The van der Waals surface area contributed by atoms with Crippen molar-refractivity contribution < 1.29 is 23.9 Å². The molecule has 1 aromatic rings. The van der Waals surface area contributed by atoms with Gasteiger partial charge in [-0.25, -0.2) is 0 Å². The maximum absolute atomic E-state index is 12.3. The number of rotatable bonds is 6. The topological polar surface area (TPSA) is 96.0 Å². The summed E-state index contributed by atoms with van der Waals surface area (Å²) >= 11 is 0. The molecule has 162 valence electrons. The number of nitrogens with zero attached hydrogens (tertiary/aromatic N) is 2. The Kier molecular flexibility index (Phi) is 7.07. The second-order valence-corrected chi connectivity index (χ2v) is 7.85. The maximum atomic E-state index is 12.3. The molecule has 1 fully saturated rings. The minimum Gasteiger partial charge on any atom is -0.453 e. The Morgan fingerprint density at radius 2 is 1.67 bits per heavy atom. The molecule has 2 aliphatic rings. The number of ether oxygens (including phenoxy) is 1. The quantitative estimate of drug-likeness (QED) is 0.711. The van der Waals surface area contributed by atoms with Crippen molar-refractivity contribution in [2.75, 3.05) is 31.5 Å². The Bertz CT molecular complexity index is 830. The molecule has 0 bridgehead atoms. The van der Waals surface area contributed by atoms with Gasteiger partial charge >= 0.3 is 5.97 Å². The molecule has 1 N–H and O–H groups in total. The fourth-order valence-electron chi connectivity index (χ4n) is 3.84. The molecule has 8 heteroatoms. The van der Waals surface area contributed by atoms with Gasteiger partial charge in [-0.15, -0.1) is 0 Å².